The lowest BCUT2D eigenvalue weighted by Crippen LogP contribution is -2.18. The van der Waals surface area contributed by atoms with Crippen molar-refractivity contribution in [1.82, 2.24) is 9.78 Å². The summed E-state index contributed by atoms with van der Waals surface area (Å²) in [5.74, 6) is -0.344. The molecule has 0 aliphatic heterocycles. The van der Waals surface area contributed by atoms with E-state index in [0.717, 1.165) is 16.4 Å². The van der Waals surface area contributed by atoms with E-state index in [9.17, 15) is 18.0 Å². The van der Waals surface area contributed by atoms with Gasteiger partial charge in [-0.1, -0.05) is 23.7 Å². The van der Waals surface area contributed by atoms with E-state index in [1.165, 1.54) is 6.20 Å². The predicted molar refractivity (Wildman–Crippen MR) is 72.1 cm³/mol. The highest BCUT2D eigenvalue weighted by Crippen LogP contribution is 2.18. The van der Waals surface area contributed by atoms with E-state index in [2.05, 4.69) is 10.4 Å². The fraction of sp³-hybridized carbons (Fsp3) is 0.231. The van der Waals surface area contributed by atoms with Gasteiger partial charge in [0.25, 0.3) is 0 Å². The van der Waals surface area contributed by atoms with E-state index in [1.807, 2.05) is 0 Å². The SMILES string of the molecule is O=C(Cc1ccc(Cl)cc1)Nc1cnn(CC(F)(F)F)c1. The number of hydrogen-bond acceptors (Lipinski definition) is 2. The summed E-state index contributed by atoms with van der Waals surface area (Å²) >= 11 is 5.73. The molecule has 0 atom stereocenters. The predicted octanol–water partition coefficient (Wildman–Crippen LogP) is 3.28. The van der Waals surface area contributed by atoms with Crippen LogP contribution in [0.2, 0.25) is 5.02 Å². The molecule has 8 heteroatoms. The van der Waals surface area contributed by atoms with Crippen molar-refractivity contribution in [3.8, 4) is 0 Å². The van der Waals surface area contributed by atoms with Gasteiger partial charge in [0, 0.05) is 11.2 Å². The number of aromatic nitrogens is 2. The smallest absolute Gasteiger partial charge is 0.323 e. The first-order valence-electron chi connectivity index (χ1n) is 5.95. The number of nitrogens with zero attached hydrogens (tertiary/aromatic N) is 2. The van der Waals surface area contributed by atoms with Crippen molar-refractivity contribution in [2.24, 2.45) is 0 Å². The molecule has 1 N–H and O–H groups in total. The second-order valence-electron chi connectivity index (χ2n) is 4.39. The van der Waals surface area contributed by atoms with Crippen LogP contribution in [0.5, 0.6) is 0 Å². The molecule has 4 nitrogen and oxygen atoms in total. The molecule has 0 spiro atoms. The Balaban J connectivity index is 1.92. The fourth-order valence-corrected chi connectivity index (χ4v) is 1.82. The Labute approximate surface area is 123 Å². The maximum atomic E-state index is 12.2. The zero-order valence-corrected chi connectivity index (χ0v) is 11.4. The van der Waals surface area contributed by atoms with Gasteiger partial charge in [0.1, 0.15) is 6.54 Å². The maximum Gasteiger partial charge on any atom is 0.408 e. The maximum absolute atomic E-state index is 12.2. The van der Waals surface area contributed by atoms with Crippen molar-refractivity contribution in [2.75, 3.05) is 5.32 Å². The number of amides is 1. The molecule has 1 aromatic carbocycles. The number of rotatable bonds is 4. The van der Waals surface area contributed by atoms with Crippen LogP contribution in [-0.2, 0) is 17.8 Å². The highest BCUT2D eigenvalue weighted by molar-refractivity contribution is 6.30. The highest BCUT2D eigenvalue weighted by atomic mass is 35.5. The van der Waals surface area contributed by atoms with Crippen LogP contribution in [0, 0.1) is 0 Å². The van der Waals surface area contributed by atoms with Crippen molar-refractivity contribution >= 4 is 23.2 Å². The van der Waals surface area contributed by atoms with E-state index in [1.54, 1.807) is 24.3 Å². The fourth-order valence-electron chi connectivity index (χ4n) is 1.69. The molecule has 112 valence electrons. The average molecular weight is 318 g/mol. The van der Waals surface area contributed by atoms with Crippen molar-refractivity contribution in [3.05, 3.63) is 47.2 Å². The van der Waals surface area contributed by atoms with Crippen molar-refractivity contribution in [1.29, 1.82) is 0 Å². The zero-order chi connectivity index (χ0) is 15.5. The van der Waals surface area contributed by atoms with Crippen LogP contribution in [0.3, 0.4) is 0 Å². The van der Waals surface area contributed by atoms with Gasteiger partial charge in [-0.2, -0.15) is 18.3 Å². The Bertz CT molecular complexity index is 622. The second kappa shape index (κ2) is 6.17. The minimum Gasteiger partial charge on any atom is -0.323 e. The van der Waals surface area contributed by atoms with E-state index >= 15 is 0 Å². The topological polar surface area (TPSA) is 46.9 Å². The Morgan fingerprint density at radius 3 is 2.57 bits per heavy atom. The molecule has 0 bridgehead atoms. The van der Waals surface area contributed by atoms with Gasteiger partial charge in [0.05, 0.1) is 18.3 Å². The first-order chi connectivity index (χ1) is 9.82. The molecule has 21 heavy (non-hydrogen) atoms. The number of nitrogens with one attached hydrogen (secondary N) is 1. The van der Waals surface area contributed by atoms with E-state index < -0.39 is 12.7 Å². The van der Waals surface area contributed by atoms with Gasteiger partial charge in [0.15, 0.2) is 0 Å². The summed E-state index contributed by atoms with van der Waals surface area (Å²) in [6.45, 7) is -1.19. The molecule has 0 saturated carbocycles. The number of halogens is 4. The molecule has 0 aliphatic rings. The Morgan fingerprint density at radius 2 is 1.95 bits per heavy atom. The monoisotopic (exact) mass is 317 g/mol. The summed E-state index contributed by atoms with van der Waals surface area (Å²) in [4.78, 5) is 11.8. The van der Waals surface area contributed by atoms with Gasteiger partial charge in [0.2, 0.25) is 5.91 Å². The summed E-state index contributed by atoms with van der Waals surface area (Å²) in [5, 5.41) is 6.59. The van der Waals surface area contributed by atoms with E-state index in [0.29, 0.717) is 5.02 Å². The minimum atomic E-state index is -4.35. The quantitative estimate of drug-likeness (QED) is 0.940. The molecular weight excluding hydrogens is 307 g/mol. The minimum absolute atomic E-state index is 0.0988. The number of benzene rings is 1. The summed E-state index contributed by atoms with van der Waals surface area (Å²) in [5.41, 5.74) is 0.970. The largest absolute Gasteiger partial charge is 0.408 e. The van der Waals surface area contributed by atoms with Crippen LogP contribution >= 0.6 is 11.6 Å². The van der Waals surface area contributed by atoms with Crippen LogP contribution in [0.1, 0.15) is 5.56 Å². The number of carbonyl (C=O) groups is 1. The first-order valence-corrected chi connectivity index (χ1v) is 6.33. The molecule has 1 heterocycles. The summed E-state index contributed by atoms with van der Waals surface area (Å²) < 4.78 is 37.2. The molecule has 0 fully saturated rings. The third-order valence-corrected chi connectivity index (χ3v) is 2.79. The molecule has 2 aromatic rings. The third-order valence-electron chi connectivity index (χ3n) is 2.54. The van der Waals surface area contributed by atoms with Crippen LogP contribution < -0.4 is 5.32 Å². The highest BCUT2D eigenvalue weighted by Gasteiger charge is 2.28. The summed E-state index contributed by atoms with van der Waals surface area (Å²) in [7, 11) is 0. The lowest BCUT2D eigenvalue weighted by molar-refractivity contribution is -0.142. The molecule has 0 unspecified atom stereocenters. The lowest BCUT2D eigenvalue weighted by Gasteiger charge is -2.05. The van der Waals surface area contributed by atoms with Gasteiger partial charge >= 0.3 is 6.18 Å². The van der Waals surface area contributed by atoms with Crippen molar-refractivity contribution < 1.29 is 18.0 Å². The van der Waals surface area contributed by atoms with Crippen LogP contribution in [0.4, 0.5) is 18.9 Å². The second-order valence-corrected chi connectivity index (χ2v) is 4.83. The van der Waals surface area contributed by atoms with Gasteiger partial charge in [-0.3, -0.25) is 9.48 Å². The average Bonchev–Trinajstić information content (AvgIpc) is 2.77. The van der Waals surface area contributed by atoms with Gasteiger partial charge in [-0.15, -0.1) is 0 Å². The number of alkyl halides is 3. The third kappa shape index (κ3) is 5.11. The number of carbonyl (C=O) groups excluding carboxylic acids is 1. The van der Waals surface area contributed by atoms with Crippen molar-refractivity contribution in [3.63, 3.8) is 0 Å². The molecule has 1 aromatic heterocycles. The Hall–Kier alpha value is -2.02. The molecule has 2 rings (SSSR count). The Kier molecular flexibility index (Phi) is 4.52. The van der Waals surface area contributed by atoms with Crippen molar-refractivity contribution in [2.45, 2.75) is 19.1 Å². The molecular formula is C13H11ClF3N3O. The standard InChI is InChI=1S/C13H11ClF3N3O/c14-10-3-1-9(2-4-10)5-12(21)19-11-6-18-20(7-11)8-13(15,16)17/h1-4,6-7H,5,8H2,(H,19,21). The Morgan fingerprint density at radius 1 is 1.29 bits per heavy atom. The first kappa shape index (κ1) is 15.4. The number of hydrogen-bond donors (Lipinski definition) is 1. The molecule has 0 aliphatic carbocycles. The molecule has 0 saturated heterocycles. The van der Waals surface area contributed by atoms with Crippen LogP contribution in [-0.4, -0.2) is 21.9 Å². The van der Waals surface area contributed by atoms with Crippen LogP contribution in [0.25, 0.3) is 0 Å². The summed E-state index contributed by atoms with van der Waals surface area (Å²) in [6, 6.07) is 6.72. The number of anilines is 1. The normalized spacial score (nSPS) is 11.4. The summed E-state index contributed by atoms with van der Waals surface area (Å²) in [6.07, 6.45) is -1.95. The van der Waals surface area contributed by atoms with Gasteiger partial charge < -0.3 is 5.32 Å². The van der Waals surface area contributed by atoms with Gasteiger partial charge in [-0.25, -0.2) is 0 Å². The molecule has 0 radical (unpaired) electrons. The van der Waals surface area contributed by atoms with Crippen LogP contribution in [0.15, 0.2) is 36.7 Å². The zero-order valence-electron chi connectivity index (χ0n) is 10.7. The molecule has 1 amide bonds. The van der Waals surface area contributed by atoms with E-state index in [-0.39, 0.29) is 18.0 Å². The van der Waals surface area contributed by atoms with Gasteiger partial charge in [-0.05, 0) is 17.7 Å². The van der Waals surface area contributed by atoms with E-state index in [4.69, 9.17) is 11.6 Å². The lowest BCUT2D eigenvalue weighted by atomic mass is 10.1.